The van der Waals surface area contributed by atoms with E-state index >= 15 is 0 Å². The lowest BCUT2D eigenvalue weighted by Crippen LogP contribution is -2.52. The third kappa shape index (κ3) is 3.12. The van der Waals surface area contributed by atoms with E-state index in [1.165, 1.54) is 17.5 Å². The molecule has 0 saturated heterocycles. The van der Waals surface area contributed by atoms with Crippen molar-refractivity contribution in [1.29, 1.82) is 0 Å². The molecule has 2 amide bonds. The van der Waals surface area contributed by atoms with E-state index in [0.717, 1.165) is 18.5 Å². The molecule has 0 atom stereocenters. The summed E-state index contributed by atoms with van der Waals surface area (Å²) in [6.07, 6.45) is 4.84. The molecule has 1 aliphatic rings. The zero-order valence-corrected chi connectivity index (χ0v) is 12.3. The number of aliphatic hydroxyl groups is 1. The molecule has 1 aromatic rings. The van der Waals surface area contributed by atoms with Gasteiger partial charge in [-0.3, -0.25) is 0 Å². The molecule has 0 aromatic heterocycles. The first-order valence-electron chi connectivity index (χ1n) is 7.44. The number of carbonyl (C=O) groups excluding carboxylic acids is 1. The number of anilines is 1. The Morgan fingerprint density at radius 2 is 1.95 bits per heavy atom. The summed E-state index contributed by atoms with van der Waals surface area (Å²) >= 11 is 0. The number of hydrogen-bond donors (Lipinski definition) is 3. The summed E-state index contributed by atoms with van der Waals surface area (Å²) in [5.74, 6) is 0. The molecule has 110 valence electrons. The van der Waals surface area contributed by atoms with Gasteiger partial charge in [0.15, 0.2) is 0 Å². The van der Waals surface area contributed by atoms with Gasteiger partial charge in [-0.05, 0) is 55.4 Å². The third-order valence-corrected chi connectivity index (χ3v) is 4.39. The van der Waals surface area contributed by atoms with Crippen LogP contribution in [-0.2, 0) is 12.8 Å². The topological polar surface area (TPSA) is 61.4 Å². The molecule has 1 aliphatic carbocycles. The van der Waals surface area contributed by atoms with Crippen molar-refractivity contribution < 1.29 is 9.90 Å². The first-order chi connectivity index (χ1) is 9.62. The molecule has 2 rings (SSSR count). The number of amides is 2. The van der Waals surface area contributed by atoms with Crippen molar-refractivity contribution in [1.82, 2.24) is 5.32 Å². The van der Waals surface area contributed by atoms with Gasteiger partial charge in [0.1, 0.15) is 0 Å². The van der Waals surface area contributed by atoms with Gasteiger partial charge >= 0.3 is 6.03 Å². The van der Waals surface area contributed by atoms with E-state index in [-0.39, 0.29) is 12.6 Å². The maximum Gasteiger partial charge on any atom is 0.319 e. The maximum absolute atomic E-state index is 12.1. The number of urea groups is 1. The van der Waals surface area contributed by atoms with Gasteiger partial charge < -0.3 is 15.7 Å². The normalized spacial score (nSPS) is 13.9. The predicted molar refractivity (Wildman–Crippen MR) is 81.0 cm³/mol. The van der Waals surface area contributed by atoms with E-state index in [4.69, 9.17) is 0 Å². The number of fused-ring (bicyclic) bond motifs is 1. The van der Waals surface area contributed by atoms with Gasteiger partial charge in [0.25, 0.3) is 0 Å². The fourth-order valence-electron chi connectivity index (χ4n) is 2.74. The van der Waals surface area contributed by atoms with Crippen LogP contribution in [0.25, 0.3) is 0 Å². The van der Waals surface area contributed by atoms with Crippen molar-refractivity contribution in [2.24, 2.45) is 0 Å². The molecule has 0 bridgehead atoms. The standard InChI is InChI=1S/C16H24N2O2/c1-3-16(4-2,11-19)18-15(20)17-14-9-8-12-6-5-7-13(12)10-14/h8-10,19H,3-7,11H2,1-2H3,(H2,17,18,20). The van der Waals surface area contributed by atoms with Crippen LogP contribution in [0.5, 0.6) is 0 Å². The van der Waals surface area contributed by atoms with Crippen LogP contribution in [0.3, 0.4) is 0 Å². The van der Waals surface area contributed by atoms with Crippen LogP contribution in [0.4, 0.5) is 10.5 Å². The predicted octanol–water partition coefficient (Wildman–Crippen LogP) is 2.85. The van der Waals surface area contributed by atoms with Gasteiger partial charge in [-0.15, -0.1) is 0 Å². The molecular weight excluding hydrogens is 252 g/mol. The minimum atomic E-state index is -0.527. The van der Waals surface area contributed by atoms with Crippen molar-refractivity contribution >= 4 is 11.7 Å². The van der Waals surface area contributed by atoms with Crippen LogP contribution >= 0.6 is 0 Å². The van der Waals surface area contributed by atoms with Crippen molar-refractivity contribution in [3.63, 3.8) is 0 Å². The summed E-state index contributed by atoms with van der Waals surface area (Å²) in [7, 11) is 0. The zero-order chi connectivity index (χ0) is 14.6. The second kappa shape index (κ2) is 6.27. The fraction of sp³-hybridized carbons (Fsp3) is 0.562. The third-order valence-electron chi connectivity index (χ3n) is 4.39. The van der Waals surface area contributed by atoms with Crippen LogP contribution in [0.1, 0.15) is 44.2 Å². The lowest BCUT2D eigenvalue weighted by atomic mass is 9.94. The highest BCUT2D eigenvalue weighted by molar-refractivity contribution is 5.90. The summed E-state index contributed by atoms with van der Waals surface area (Å²) in [6.45, 7) is 3.89. The second-order valence-electron chi connectivity index (χ2n) is 5.56. The van der Waals surface area contributed by atoms with Crippen LogP contribution in [0.2, 0.25) is 0 Å². The number of nitrogens with one attached hydrogen (secondary N) is 2. The largest absolute Gasteiger partial charge is 0.394 e. The SMILES string of the molecule is CCC(CC)(CO)NC(=O)Nc1ccc2c(c1)CCC2. The molecule has 3 N–H and O–H groups in total. The molecule has 0 saturated carbocycles. The van der Waals surface area contributed by atoms with Gasteiger partial charge in [-0.1, -0.05) is 19.9 Å². The number of benzene rings is 1. The molecule has 0 radical (unpaired) electrons. The van der Waals surface area contributed by atoms with Gasteiger partial charge in [-0.2, -0.15) is 0 Å². The van der Waals surface area contributed by atoms with Gasteiger partial charge in [0.05, 0.1) is 12.1 Å². The smallest absolute Gasteiger partial charge is 0.319 e. The maximum atomic E-state index is 12.1. The average Bonchev–Trinajstić information content (AvgIpc) is 2.92. The van der Waals surface area contributed by atoms with Crippen LogP contribution in [-0.4, -0.2) is 23.3 Å². The highest BCUT2D eigenvalue weighted by Gasteiger charge is 2.27. The van der Waals surface area contributed by atoms with Crippen LogP contribution in [0, 0.1) is 0 Å². The van der Waals surface area contributed by atoms with Crippen LogP contribution in [0.15, 0.2) is 18.2 Å². The van der Waals surface area contributed by atoms with Crippen LogP contribution < -0.4 is 10.6 Å². The lowest BCUT2D eigenvalue weighted by Gasteiger charge is -2.30. The number of hydrogen-bond acceptors (Lipinski definition) is 2. The number of rotatable bonds is 5. The summed E-state index contributed by atoms with van der Waals surface area (Å²) in [5.41, 5.74) is 3.02. The molecule has 0 fully saturated rings. The summed E-state index contributed by atoms with van der Waals surface area (Å²) in [5, 5.41) is 15.2. The Morgan fingerprint density at radius 3 is 2.60 bits per heavy atom. The summed E-state index contributed by atoms with van der Waals surface area (Å²) in [4.78, 5) is 12.1. The Morgan fingerprint density at radius 1 is 1.25 bits per heavy atom. The van der Waals surface area contributed by atoms with E-state index in [1.807, 2.05) is 19.9 Å². The van der Waals surface area contributed by atoms with Gasteiger partial charge in [-0.25, -0.2) is 4.79 Å². The van der Waals surface area contributed by atoms with Crippen molar-refractivity contribution in [2.75, 3.05) is 11.9 Å². The molecule has 4 nitrogen and oxygen atoms in total. The first-order valence-corrected chi connectivity index (χ1v) is 7.44. The van der Waals surface area contributed by atoms with Gasteiger partial charge in [0.2, 0.25) is 0 Å². The molecule has 1 aromatic carbocycles. The Kier molecular flexibility index (Phi) is 4.65. The fourth-order valence-corrected chi connectivity index (χ4v) is 2.74. The minimum absolute atomic E-state index is 0.0440. The van der Waals surface area contributed by atoms with Gasteiger partial charge in [0, 0.05) is 5.69 Å². The highest BCUT2D eigenvalue weighted by atomic mass is 16.3. The Bertz CT molecular complexity index is 473. The summed E-state index contributed by atoms with van der Waals surface area (Å²) in [6, 6.07) is 5.85. The molecule has 20 heavy (non-hydrogen) atoms. The first kappa shape index (κ1) is 14.9. The highest BCUT2D eigenvalue weighted by Crippen LogP contribution is 2.25. The number of aryl methyl sites for hydroxylation is 2. The summed E-state index contributed by atoms with van der Waals surface area (Å²) < 4.78 is 0. The van der Waals surface area contributed by atoms with E-state index in [0.29, 0.717) is 12.8 Å². The molecule has 0 unspecified atom stereocenters. The zero-order valence-electron chi connectivity index (χ0n) is 12.3. The molecule has 0 heterocycles. The van der Waals surface area contributed by atoms with E-state index < -0.39 is 5.54 Å². The number of aliphatic hydroxyl groups excluding tert-OH is 1. The Labute approximate surface area is 120 Å². The van der Waals surface area contributed by atoms with Crippen molar-refractivity contribution in [3.8, 4) is 0 Å². The van der Waals surface area contributed by atoms with E-state index in [9.17, 15) is 9.90 Å². The Hall–Kier alpha value is -1.55. The molecular formula is C16H24N2O2. The lowest BCUT2D eigenvalue weighted by molar-refractivity contribution is 0.155. The molecule has 4 heteroatoms. The molecule has 0 spiro atoms. The minimum Gasteiger partial charge on any atom is -0.394 e. The second-order valence-corrected chi connectivity index (χ2v) is 5.56. The quantitative estimate of drug-likeness (QED) is 0.774. The number of carbonyl (C=O) groups is 1. The van der Waals surface area contributed by atoms with Crippen molar-refractivity contribution in [2.45, 2.75) is 51.5 Å². The van der Waals surface area contributed by atoms with E-state index in [1.54, 1.807) is 0 Å². The van der Waals surface area contributed by atoms with E-state index in [2.05, 4.69) is 22.8 Å². The van der Waals surface area contributed by atoms with Crippen molar-refractivity contribution in [3.05, 3.63) is 29.3 Å². The molecule has 0 aliphatic heterocycles. The Balaban J connectivity index is 2.01. The monoisotopic (exact) mass is 276 g/mol. The average molecular weight is 276 g/mol.